The summed E-state index contributed by atoms with van der Waals surface area (Å²) in [5, 5.41) is 33.4. The molecule has 9 nitrogen and oxygen atoms in total. The zero-order valence-corrected chi connectivity index (χ0v) is 19.1. The lowest BCUT2D eigenvalue weighted by Gasteiger charge is -2.22. The van der Waals surface area contributed by atoms with Crippen LogP contribution in [0.4, 0.5) is 5.69 Å². The molecule has 1 amide bonds. The van der Waals surface area contributed by atoms with Gasteiger partial charge in [0.15, 0.2) is 0 Å². The van der Waals surface area contributed by atoms with Crippen molar-refractivity contribution in [1.82, 2.24) is 14.9 Å². The molecule has 0 saturated carbocycles. The fraction of sp³-hybridized carbons (Fsp3) is 0.583. The van der Waals surface area contributed by atoms with Crippen LogP contribution in [0.1, 0.15) is 75.9 Å². The molecule has 0 spiro atoms. The highest BCUT2D eigenvalue weighted by Crippen LogP contribution is 2.20. The smallest absolute Gasteiger partial charge is 0.269 e. The number of nitro groups is 1. The second-order valence-corrected chi connectivity index (χ2v) is 8.38. The van der Waals surface area contributed by atoms with Crippen LogP contribution in [-0.2, 0) is 11.3 Å². The highest BCUT2D eigenvalue weighted by Gasteiger charge is 2.22. The van der Waals surface area contributed by atoms with Gasteiger partial charge in [-0.15, -0.1) is 0 Å². The average Bonchev–Trinajstić information content (AvgIpc) is 3.34. The summed E-state index contributed by atoms with van der Waals surface area (Å²) in [6.07, 6.45) is 15.0. The highest BCUT2D eigenvalue weighted by molar-refractivity contribution is 5.76. The van der Waals surface area contributed by atoms with E-state index in [1.165, 1.54) is 62.8 Å². The van der Waals surface area contributed by atoms with E-state index in [0.29, 0.717) is 12.0 Å². The number of aromatic nitrogens is 2. The normalized spacial score (nSPS) is 12.9. The molecule has 0 bridgehead atoms. The summed E-state index contributed by atoms with van der Waals surface area (Å²) >= 11 is 0. The Morgan fingerprint density at radius 2 is 1.64 bits per heavy atom. The molecule has 1 aromatic heterocycles. The number of imidazole rings is 1. The number of nitro benzene ring substituents is 1. The Kier molecular flexibility index (Phi) is 12.1. The SMILES string of the molecule is O=C(CCCCCCCCCCCn1ccnc1)N[C@H](CO)[C@H](O)c1ccc([N+](=O)[O-])cc1. The van der Waals surface area contributed by atoms with Crippen molar-refractivity contribution < 1.29 is 19.9 Å². The molecule has 0 radical (unpaired) electrons. The molecule has 0 saturated heterocycles. The third kappa shape index (κ3) is 10.1. The van der Waals surface area contributed by atoms with E-state index < -0.39 is 23.7 Å². The van der Waals surface area contributed by atoms with E-state index in [-0.39, 0.29) is 11.6 Å². The summed E-state index contributed by atoms with van der Waals surface area (Å²) in [7, 11) is 0. The van der Waals surface area contributed by atoms with Gasteiger partial charge in [-0.2, -0.15) is 0 Å². The van der Waals surface area contributed by atoms with Gasteiger partial charge >= 0.3 is 0 Å². The first-order valence-corrected chi connectivity index (χ1v) is 11.8. The third-order valence-corrected chi connectivity index (χ3v) is 5.75. The number of hydrogen-bond donors (Lipinski definition) is 3. The minimum absolute atomic E-state index is 0.0823. The second-order valence-electron chi connectivity index (χ2n) is 8.38. The molecule has 1 aromatic carbocycles. The number of aliphatic hydroxyl groups is 2. The molecule has 2 rings (SSSR count). The van der Waals surface area contributed by atoms with Gasteiger partial charge in [0.1, 0.15) is 6.10 Å². The summed E-state index contributed by atoms with van der Waals surface area (Å²) in [5.74, 6) is -0.215. The maximum absolute atomic E-state index is 12.2. The molecule has 1 heterocycles. The van der Waals surface area contributed by atoms with E-state index in [2.05, 4.69) is 14.9 Å². The standard InChI is InChI=1S/C24H36N4O5/c29-18-22(24(31)20-11-13-21(14-12-20)28(32)33)26-23(30)10-8-6-4-2-1-3-5-7-9-16-27-17-15-25-19-27/h11-15,17,19,22,24,29,31H,1-10,16,18H2,(H,26,30)/t22-,24-/m1/s1. The first-order chi connectivity index (χ1) is 16.0. The van der Waals surface area contributed by atoms with Gasteiger partial charge in [0.2, 0.25) is 5.91 Å². The molecule has 33 heavy (non-hydrogen) atoms. The van der Waals surface area contributed by atoms with Crippen LogP contribution in [0.25, 0.3) is 0 Å². The predicted octanol–water partition coefficient (Wildman–Crippen LogP) is 3.90. The first kappa shape index (κ1) is 26.5. The number of nitrogens with zero attached hydrogens (tertiary/aromatic N) is 3. The Morgan fingerprint density at radius 3 is 2.18 bits per heavy atom. The molecule has 0 fully saturated rings. The average molecular weight is 461 g/mol. The highest BCUT2D eigenvalue weighted by atomic mass is 16.6. The molecule has 2 atom stereocenters. The third-order valence-electron chi connectivity index (χ3n) is 5.75. The van der Waals surface area contributed by atoms with Gasteiger partial charge in [0.25, 0.3) is 5.69 Å². The molecule has 0 aliphatic carbocycles. The van der Waals surface area contributed by atoms with Crippen LogP contribution in [0.5, 0.6) is 0 Å². The van der Waals surface area contributed by atoms with Gasteiger partial charge < -0.3 is 20.1 Å². The molecule has 3 N–H and O–H groups in total. The van der Waals surface area contributed by atoms with E-state index in [9.17, 15) is 25.1 Å². The van der Waals surface area contributed by atoms with Crippen molar-refractivity contribution >= 4 is 11.6 Å². The van der Waals surface area contributed by atoms with Crippen LogP contribution in [0.2, 0.25) is 0 Å². The van der Waals surface area contributed by atoms with E-state index >= 15 is 0 Å². The van der Waals surface area contributed by atoms with Gasteiger partial charge in [-0.1, -0.05) is 44.9 Å². The van der Waals surface area contributed by atoms with E-state index in [1.807, 2.05) is 12.5 Å². The molecule has 0 aliphatic heterocycles. The lowest BCUT2D eigenvalue weighted by Crippen LogP contribution is -2.41. The van der Waals surface area contributed by atoms with Crippen LogP contribution in [0.15, 0.2) is 43.0 Å². The van der Waals surface area contributed by atoms with E-state index in [0.717, 1.165) is 25.8 Å². The van der Waals surface area contributed by atoms with Gasteiger partial charge in [0.05, 0.1) is 23.9 Å². The van der Waals surface area contributed by atoms with Crippen molar-refractivity contribution in [3.05, 3.63) is 58.7 Å². The number of carbonyl (C=O) groups excluding carboxylic acids is 1. The van der Waals surface area contributed by atoms with Crippen molar-refractivity contribution in [3.8, 4) is 0 Å². The number of hydrogen-bond acceptors (Lipinski definition) is 6. The van der Waals surface area contributed by atoms with Crippen LogP contribution in [-0.4, -0.2) is 43.2 Å². The lowest BCUT2D eigenvalue weighted by atomic mass is 10.0. The molecule has 2 aromatic rings. The van der Waals surface area contributed by atoms with Gasteiger partial charge in [-0.25, -0.2) is 4.98 Å². The molecule has 0 aliphatic rings. The lowest BCUT2D eigenvalue weighted by molar-refractivity contribution is -0.384. The zero-order chi connectivity index (χ0) is 23.9. The predicted molar refractivity (Wildman–Crippen MR) is 125 cm³/mol. The molecule has 182 valence electrons. The maximum atomic E-state index is 12.2. The van der Waals surface area contributed by atoms with Crippen molar-refractivity contribution in [2.75, 3.05) is 6.61 Å². The molecule has 0 unspecified atom stereocenters. The number of unbranched alkanes of at least 4 members (excludes halogenated alkanes) is 8. The number of rotatable bonds is 17. The number of non-ortho nitro benzene ring substituents is 1. The second kappa shape index (κ2) is 15.1. The number of amides is 1. The Balaban J connectivity index is 1.51. The van der Waals surface area contributed by atoms with Crippen molar-refractivity contribution in [1.29, 1.82) is 0 Å². The van der Waals surface area contributed by atoms with E-state index in [1.54, 1.807) is 6.20 Å². The molecular weight excluding hydrogens is 424 g/mol. The number of aryl methyl sites for hydroxylation is 1. The van der Waals surface area contributed by atoms with Crippen LogP contribution >= 0.6 is 0 Å². The monoisotopic (exact) mass is 460 g/mol. The van der Waals surface area contributed by atoms with Crippen LogP contribution < -0.4 is 5.32 Å². The summed E-state index contributed by atoms with van der Waals surface area (Å²) in [6, 6.07) is 4.58. The van der Waals surface area contributed by atoms with Crippen LogP contribution in [0.3, 0.4) is 0 Å². The summed E-state index contributed by atoms with van der Waals surface area (Å²) in [6.45, 7) is 0.607. The van der Waals surface area contributed by atoms with E-state index in [4.69, 9.17) is 0 Å². The van der Waals surface area contributed by atoms with Crippen molar-refractivity contribution in [3.63, 3.8) is 0 Å². The summed E-state index contributed by atoms with van der Waals surface area (Å²) < 4.78 is 2.11. The first-order valence-electron chi connectivity index (χ1n) is 11.8. The Labute approximate surface area is 195 Å². The quantitative estimate of drug-likeness (QED) is 0.186. The summed E-state index contributed by atoms with van der Waals surface area (Å²) in [5.41, 5.74) is 0.322. The molecular formula is C24H36N4O5. The fourth-order valence-corrected chi connectivity index (χ4v) is 3.77. The van der Waals surface area contributed by atoms with Gasteiger partial charge in [-0.05, 0) is 30.5 Å². The Hall–Kier alpha value is -2.78. The maximum Gasteiger partial charge on any atom is 0.269 e. The van der Waals surface area contributed by atoms with Gasteiger partial charge in [-0.3, -0.25) is 14.9 Å². The zero-order valence-electron chi connectivity index (χ0n) is 19.1. The minimum atomic E-state index is -1.14. The largest absolute Gasteiger partial charge is 0.394 e. The number of benzene rings is 1. The van der Waals surface area contributed by atoms with Crippen LogP contribution in [0, 0.1) is 10.1 Å². The number of aliphatic hydroxyl groups excluding tert-OH is 2. The number of nitrogens with one attached hydrogen (secondary N) is 1. The van der Waals surface area contributed by atoms with Crippen molar-refractivity contribution in [2.24, 2.45) is 0 Å². The Bertz CT molecular complexity index is 811. The Morgan fingerprint density at radius 1 is 1.03 bits per heavy atom. The fourth-order valence-electron chi connectivity index (χ4n) is 3.77. The molecule has 9 heteroatoms. The topological polar surface area (TPSA) is 131 Å². The minimum Gasteiger partial charge on any atom is -0.394 e. The number of carbonyl (C=O) groups is 1. The van der Waals surface area contributed by atoms with Crippen molar-refractivity contribution in [2.45, 2.75) is 82.9 Å². The van der Waals surface area contributed by atoms with Gasteiger partial charge in [0, 0.05) is 37.5 Å². The summed E-state index contributed by atoms with van der Waals surface area (Å²) in [4.78, 5) is 26.4.